The van der Waals surface area contributed by atoms with E-state index in [0.717, 1.165) is 11.3 Å². The third-order valence-corrected chi connectivity index (χ3v) is 4.50. The van der Waals surface area contributed by atoms with Crippen molar-refractivity contribution >= 4 is 17.8 Å². The van der Waals surface area contributed by atoms with Crippen molar-refractivity contribution in [3.8, 4) is 0 Å². The SMILES string of the molecule is CC(CC(C)(C)c1ccccc1)NC(=O)CCCN1C(=O)CNC1=O. The summed E-state index contributed by atoms with van der Waals surface area (Å²) in [6, 6.07) is 9.92. The van der Waals surface area contributed by atoms with Gasteiger partial charge in [0.1, 0.15) is 0 Å². The second-order valence-corrected chi connectivity index (χ2v) is 7.23. The summed E-state index contributed by atoms with van der Waals surface area (Å²) in [5.41, 5.74) is 1.21. The molecule has 136 valence electrons. The fourth-order valence-electron chi connectivity index (χ4n) is 3.25. The normalized spacial score (nSPS) is 15.9. The summed E-state index contributed by atoms with van der Waals surface area (Å²) in [7, 11) is 0. The highest BCUT2D eigenvalue weighted by molar-refractivity contribution is 6.01. The first-order valence-electron chi connectivity index (χ1n) is 8.72. The maximum absolute atomic E-state index is 12.1. The number of imide groups is 1. The van der Waals surface area contributed by atoms with E-state index in [0.29, 0.717) is 12.8 Å². The third-order valence-electron chi connectivity index (χ3n) is 4.50. The number of nitrogens with one attached hydrogen (secondary N) is 2. The number of amides is 4. The van der Waals surface area contributed by atoms with Gasteiger partial charge in [0.05, 0.1) is 6.54 Å². The first-order valence-corrected chi connectivity index (χ1v) is 8.72. The fraction of sp³-hybridized carbons (Fsp3) is 0.526. The van der Waals surface area contributed by atoms with Gasteiger partial charge in [0.25, 0.3) is 0 Å². The molecule has 1 aromatic carbocycles. The van der Waals surface area contributed by atoms with Gasteiger partial charge < -0.3 is 10.6 Å². The van der Waals surface area contributed by atoms with Crippen molar-refractivity contribution in [1.82, 2.24) is 15.5 Å². The molecule has 1 saturated heterocycles. The van der Waals surface area contributed by atoms with Gasteiger partial charge in [-0.15, -0.1) is 0 Å². The molecule has 2 rings (SSSR count). The molecule has 1 aliphatic heterocycles. The minimum absolute atomic E-state index is 0.0337. The maximum atomic E-state index is 12.1. The summed E-state index contributed by atoms with van der Waals surface area (Å²) in [4.78, 5) is 36.2. The van der Waals surface area contributed by atoms with Gasteiger partial charge in [0.15, 0.2) is 0 Å². The molecule has 1 unspecified atom stereocenters. The quantitative estimate of drug-likeness (QED) is 0.709. The van der Waals surface area contributed by atoms with Crippen molar-refractivity contribution < 1.29 is 14.4 Å². The Hall–Kier alpha value is -2.37. The minimum Gasteiger partial charge on any atom is -0.354 e. The lowest BCUT2D eigenvalue weighted by Gasteiger charge is -2.29. The van der Waals surface area contributed by atoms with E-state index in [1.165, 1.54) is 5.56 Å². The van der Waals surface area contributed by atoms with Crippen molar-refractivity contribution in [2.45, 2.75) is 51.5 Å². The van der Waals surface area contributed by atoms with Crippen LogP contribution in [-0.4, -0.2) is 41.9 Å². The molecule has 6 nitrogen and oxygen atoms in total. The van der Waals surface area contributed by atoms with Gasteiger partial charge in [-0.05, 0) is 30.7 Å². The van der Waals surface area contributed by atoms with Crippen LogP contribution in [0.4, 0.5) is 4.79 Å². The van der Waals surface area contributed by atoms with Crippen molar-refractivity contribution in [3.05, 3.63) is 35.9 Å². The summed E-state index contributed by atoms with van der Waals surface area (Å²) >= 11 is 0. The topological polar surface area (TPSA) is 78.5 Å². The summed E-state index contributed by atoms with van der Waals surface area (Å²) < 4.78 is 0. The van der Waals surface area contributed by atoms with Gasteiger partial charge in [0, 0.05) is 19.0 Å². The summed E-state index contributed by atoms with van der Waals surface area (Å²) in [5.74, 6) is -0.285. The van der Waals surface area contributed by atoms with E-state index in [4.69, 9.17) is 0 Å². The van der Waals surface area contributed by atoms with Crippen LogP contribution in [0.2, 0.25) is 0 Å². The van der Waals surface area contributed by atoms with Gasteiger partial charge in [0.2, 0.25) is 11.8 Å². The number of carbonyl (C=O) groups excluding carboxylic acids is 3. The lowest BCUT2D eigenvalue weighted by Crippen LogP contribution is -2.38. The Morgan fingerprint density at radius 3 is 2.56 bits per heavy atom. The molecular formula is C19H27N3O3. The van der Waals surface area contributed by atoms with Crippen molar-refractivity contribution in [2.75, 3.05) is 13.1 Å². The number of hydrogen-bond acceptors (Lipinski definition) is 3. The molecule has 2 N–H and O–H groups in total. The molecular weight excluding hydrogens is 318 g/mol. The average molecular weight is 345 g/mol. The van der Waals surface area contributed by atoms with Crippen molar-refractivity contribution in [3.63, 3.8) is 0 Å². The first-order chi connectivity index (χ1) is 11.8. The van der Waals surface area contributed by atoms with Crippen molar-refractivity contribution in [1.29, 1.82) is 0 Å². The smallest absolute Gasteiger partial charge is 0.324 e. The lowest BCUT2D eigenvalue weighted by molar-refractivity contribution is -0.126. The molecule has 1 heterocycles. The number of nitrogens with zero attached hydrogens (tertiary/aromatic N) is 1. The number of rotatable bonds is 8. The molecule has 0 aromatic heterocycles. The molecule has 1 atom stereocenters. The molecule has 0 spiro atoms. The highest BCUT2D eigenvalue weighted by atomic mass is 16.2. The second-order valence-electron chi connectivity index (χ2n) is 7.23. The molecule has 0 saturated carbocycles. The molecule has 6 heteroatoms. The summed E-state index contributed by atoms with van der Waals surface area (Å²) in [6.07, 6.45) is 1.60. The lowest BCUT2D eigenvalue weighted by atomic mass is 9.79. The third kappa shape index (κ3) is 5.31. The van der Waals surface area contributed by atoms with E-state index in [-0.39, 0.29) is 42.4 Å². The summed E-state index contributed by atoms with van der Waals surface area (Å²) in [5, 5.41) is 5.48. The van der Waals surface area contributed by atoms with E-state index in [9.17, 15) is 14.4 Å². The zero-order chi connectivity index (χ0) is 18.4. The predicted octanol–water partition coefficient (Wildman–Crippen LogP) is 2.19. The van der Waals surface area contributed by atoms with Crippen LogP contribution in [0.3, 0.4) is 0 Å². The van der Waals surface area contributed by atoms with Crippen LogP contribution < -0.4 is 10.6 Å². The van der Waals surface area contributed by atoms with Crippen LogP contribution in [0.25, 0.3) is 0 Å². The molecule has 1 fully saturated rings. The van der Waals surface area contributed by atoms with Crippen LogP contribution in [0.15, 0.2) is 30.3 Å². The van der Waals surface area contributed by atoms with Crippen LogP contribution in [0.1, 0.15) is 45.6 Å². The van der Waals surface area contributed by atoms with Crippen LogP contribution in [0.5, 0.6) is 0 Å². The van der Waals surface area contributed by atoms with Gasteiger partial charge >= 0.3 is 6.03 Å². The maximum Gasteiger partial charge on any atom is 0.324 e. The van der Waals surface area contributed by atoms with E-state index in [1.54, 1.807) is 0 Å². The van der Waals surface area contributed by atoms with Crippen LogP contribution >= 0.6 is 0 Å². The zero-order valence-electron chi connectivity index (χ0n) is 15.2. The Morgan fingerprint density at radius 1 is 1.28 bits per heavy atom. The molecule has 0 bridgehead atoms. The van der Waals surface area contributed by atoms with E-state index >= 15 is 0 Å². The highest BCUT2D eigenvalue weighted by Crippen LogP contribution is 2.28. The molecule has 0 radical (unpaired) electrons. The largest absolute Gasteiger partial charge is 0.354 e. The highest BCUT2D eigenvalue weighted by Gasteiger charge is 2.28. The number of urea groups is 1. The molecule has 25 heavy (non-hydrogen) atoms. The Kier molecular flexibility index (Phi) is 6.17. The second kappa shape index (κ2) is 8.14. The molecule has 4 amide bonds. The Labute approximate surface area is 149 Å². The predicted molar refractivity (Wildman–Crippen MR) is 96.0 cm³/mol. The Balaban J connectivity index is 1.74. The number of hydrogen-bond donors (Lipinski definition) is 2. The molecule has 1 aromatic rings. The van der Waals surface area contributed by atoms with Crippen LogP contribution in [-0.2, 0) is 15.0 Å². The fourth-order valence-corrected chi connectivity index (χ4v) is 3.25. The van der Waals surface area contributed by atoms with Gasteiger partial charge in [-0.1, -0.05) is 44.2 Å². The van der Waals surface area contributed by atoms with Crippen LogP contribution in [0, 0.1) is 0 Å². The van der Waals surface area contributed by atoms with Gasteiger partial charge in [-0.2, -0.15) is 0 Å². The van der Waals surface area contributed by atoms with Crippen molar-refractivity contribution in [2.24, 2.45) is 0 Å². The first kappa shape index (κ1) is 19.0. The number of benzene rings is 1. The standard InChI is InChI=1S/C19H27N3O3/c1-14(12-19(2,3)15-8-5-4-6-9-15)21-16(23)10-7-11-22-17(24)13-20-18(22)25/h4-6,8-9,14H,7,10-13H2,1-3H3,(H,20,25)(H,21,23). The van der Waals surface area contributed by atoms with E-state index in [1.807, 2.05) is 25.1 Å². The van der Waals surface area contributed by atoms with E-state index < -0.39 is 0 Å². The average Bonchev–Trinajstić information content (AvgIpc) is 2.87. The molecule has 0 aliphatic carbocycles. The van der Waals surface area contributed by atoms with Gasteiger partial charge in [-0.25, -0.2) is 4.79 Å². The Morgan fingerprint density at radius 2 is 1.96 bits per heavy atom. The monoisotopic (exact) mass is 345 g/mol. The van der Waals surface area contributed by atoms with E-state index in [2.05, 4.69) is 36.6 Å². The van der Waals surface area contributed by atoms with Gasteiger partial charge in [-0.3, -0.25) is 14.5 Å². The Bertz CT molecular complexity index is 612. The minimum atomic E-state index is -0.372. The summed E-state index contributed by atoms with van der Waals surface area (Å²) in [6.45, 7) is 6.67. The molecule has 1 aliphatic rings. The zero-order valence-corrected chi connectivity index (χ0v) is 15.2. The number of carbonyl (C=O) groups is 3.